The largest absolute Gasteiger partial charge is 0.494 e. The highest BCUT2D eigenvalue weighted by molar-refractivity contribution is 6.34. The van der Waals surface area contributed by atoms with E-state index in [1.807, 2.05) is 6.92 Å². The molecule has 2 rings (SSSR count). The highest BCUT2D eigenvalue weighted by atomic mass is 35.5. The maximum atomic E-state index is 12.3. The molecule has 2 aromatic carbocycles. The van der Waals surface area contributed by atoms with E-state index in [1.165, 1.54) is 6.92 Å². The predicted octanol–water partition coefficient (Wildman–Crippen LogP) is 4.14. The first-order valence-electron chi connectivity index (χ1n) is 8.26. The van der Waals surface area contributed by atoms with Gasteiger partial charge in [0.25, 0.3) is 0 Å². The highest BCUT2D eigenvalue weighted by Gasteiger charge is 2.14. The van der Waals surface area contributed by atoms with Crippen LogP contribution in [0.3, 0.4) is 0 Å². The fraction of sp³-hybridized carbons (Fsp3) is 0.263. The number of hydrogen-bond donors (Lipinski definition) is 3. The van der Waals surface area contributed by atoms with E-state index < -0.39 is 6.04 Å². The van der Waals surface area contributed by atoms with Gasteiger partial charge in [-0.2, -0.15) is 0 Å². The standard InChI is InChI=1S/C19H22ClN3O3/c1-4-26-16-8-5-14(6-9-16)23-19(25)12(2)21-15-7-10-18(17(20)11-15)22-13(3)24/h5-12,21H,4H2,1-3H3,(H,22,24)(H,23,25)/t12-/m0/s1. The molecule has 1 atom stereocenters. The van der Waals surface area contributed by atoms with E-state index in [1.54, 1.807) is 49.4 Å². The molecule has 3 N–H and O–H groups in total. The van der Waals surface area contributed by atoms with E-state index >= 15 is 0 Å². The Morgan fingerprint density at radius 3 is 2.31 bits per heavy atom. The van der Waals surface area contributed by atoms with Crippen LogP contribution in [0.2, 0.25) is 5.02 Å². The summed E-state index contributed by atoms with van der Waals surface area (Å²) < 4.78 is 5.37. The van der Waals surface area contributed by atoms with Crippen molar-refractivity contribution in [3.63, 3.8) is 0 Å². The molecule has 0 radical (unpaired) electrons. The van der Waals surface area contributed by atoms with Crippen LogP contribution >= 0.6 is 11.6 Å². The van der Waals surface area contributed by atoms with Crippen molar-refractivity contribution in [2.24, 2.45) is 0 Å². The van der Waals surface area contributed by atoms with E-state index in [9.17, 15) is 9.59 Å². The number of nitrogens with one attached hydrogen (secondary N) is 3. The molecule has 0 aromatic heterocycles. The van der Waals surface area contributed by atoms with Crippen molar-refractivity contribution >= 4 is 40.5 Å². The van der Waals surface area contributed by atoms with Gasteiger partial charge in [-0.05, 0) is 56.3 Å². The fourth-order valence-electron chi connectivity index (χ4n) is 2.26. The zero-order valence-corrected chi connectivity index (χ0v) is 15.7. The van der Waals surface area contributed by atoms with Gasteiger partial charge in [-0.1, -0.05) is 11.6 Å². The topological polar surface area (TPSA) is 79.5 Å². The number of carbonyl (C=O) groups is 2. The number of anilines is 3. The lowest BCUT2D eigenvalue weighted by Crippen LogP contribution is -2.31. The maximum absolute atomic E-state index is 12.3. The van der Waals surface area contributed by atoms with Crippen molar-refractivity contribution < 1.29 is 14.3 Å². The summed E-state index contributed by atoms with van der Waals surface area (Å²) in [6, 6.07) is 11.8. The average molecular weight is 376 g/mol. The van der Waals surface area contributed by atoms with Crippen LogP contribution in [0.5, 0.6) is 5.75 Å². The SMILES string of the molecule is CCOc1ccc(NC(=O)[C@H](C)Nc2ccc(NC(C)=O)c(Cl)c2)cc1. The molecule has 0 heterocycles. The third kappa shape index (κ3) is 5.67. The number of ether oxygens (including phenoxy) is 1. The molecule has 0 spiro atoms. The van der Waals surface area contributed by atoms with Gasteiger partial charge >= 0.3 is 0 Å². The second kappa shape index (κ2) is 9.10. The third-order valence-electron chi connectivity index (χ3n) is 3.49. The van der Waals surface area contributed by atoms with Gasteiger partial charge in [0.2, 0.25) is 11.8 Å². The summed E-state index contributed by atoms with van der Waals surface area (Å²) in [7, 11) is 0. The van der Waals surface area contributed by atoms with Gasteiger partial charge in [0.15, 0.2) is 0 Å². The summed E-state index contributed by atoms with van der Waals surface area (Å²) >= 11 is 6.14. The van der Waals surface area contributed by atoms with Crippen molar-refractivity contribution in [3.05, 3.63) is 47.5 Å². The highest BCUT2D eigenvalue weighted by Crippen LogP contribution is 2.26. The van der Waals surface area contributed by atoms with Crippen LogP contribution in [0.25, 0.3) is 0 Å². The van der Waals surface area contributed by atoms with E-state index in [-0.39, 0.29) is 11.8 Å². The molecular formula is C19H22ClN3O3. The second-order valence-electron chi connectivity index (χ2n) is 5.69. The first kappa shape index (κ1) is 19.6. The van der Waals surface area contributed by atoms with Crippen LogP contribution < -0.4 is 20.7 Å². The number of rotatable bonds is 7. The summed E-state index contributed by atoms with van der Waals surface area (Å²) in [6.45, 7) is 5.67. The van der Waals surface area contributed by atoms with Crippen molar-refractivity contribution in [2.75, 3.05) is 22.6 Å². The van der Waals surface area contributed by atoms with Crippen molar-refractivity contribution in [2.45, 2.75) is 26.8 Å². The van der Waals surface area contributed by atoms with Crippen molar-refractivity contribution in [3.8, 4) is 5.75 Å². The molecule has 0 unspecified atom stereocenters. The molecule has 2 aromatic rings. The Hall–Kier alpha value is -2.73. The van der Waals surface area contributed by atoms with Crippen molar-refractivity contribution in [1.82, 2.24) is 0 Å². The van der Waals surface area contributed by atoms with Gasteiger partial charge in [0.05, 0.1) is 17.3 Å². The van der Waals surface area contributed by atoms with Gasteiger partial charge < -0.3 is 20.7 Å². The molecule has 0 fully saturated rings. The summed E-state index contributed by atoms with van der Waals surface area (Å²) in [5.74, 6) is 0.373. The summed E-state index contributed by atoms with van der Waals surface area (Å²) in [6.07, 6.45) is 0. The minimum Gasteiger partial charge on any atom is -0.494 e. The molecule has 0 aliphatic rings. The maximum Gasteiger partial charge on any atom is 0.246 e. The van der Waals surface area contributed by atoms with E-state index in [2.05, 4.69) is 16.0 Å². The lowest BCUT2D eigenvalue weighted by molar-refractivity contribution is -0.116. The molecular weight excluding hydrogens is 354 g/mol. The van der Waals surface area contributed by atoms with E-state index in [0.29, 0.717) is 28.7 Å². The monoisotopic (exact) mass is 375 g/mol. The van der Waals surface area contributed by atoms with E-state index in [0.717, 1.165) is 5.75 Å². The molecule has 0 saturated carbocycles. The quantitative estimate of drug-likeness (QED) is 0.679. The minimum absolute atomic E-state index is 0.184. The Morgan fingerprint density at radius 2 is 1.73 bits per heavy atom. The fourth-order valence-corrected chi connectivity index (χ4v) is 2.49. The van der Waals surface area contributed by atoms with Gasteiger partial charge in [0, 0.05) is 18.3 Å². The molecule has 0 saturated heterocycles. The Balaban J connectivity index is 1.96. The normalized spacial score (nSPS) is 11.4. The van der Waals surface area contributed by atoms with Crippen LogP contribution in [0.15, 0.2) is 42.5 Å². The Labute approximate surface area is 157 Å². The lowest BCUT2D eigenvalue weighted by atomic mass is 10.2. The predicted molar refractivity (Wildman–Crippen MR) is 105 cm³/mol. The number of hydrogen-bond acceptors (Lipinski definition) is 4. The minimum atomic E-state index is -0.482. The van der Waals surface area contributed by atoms with Gasteiger partial charge in [0.1, 0.15) is 11.8 Å². The zero-order valence-electron chi connectivity index (χ0n) is 14.9. The molecule has 7 heteroatoms. The molecule has 138 valence electrons. The summed E-state index contributed by atoms with van der Waals surface area (Å²) in [5, 5.41) is 8.94. The van der Waals surface area contributed by atoms with Gasteiger partial charge in [-0.15, -0.1) is 0 Å². The van der Waals surface area contributed by atoms with E-state index in [4.69, 9.17) is 16.3 Å². The molecule has 26 heavy (non-hydrogen) atoms. The molecule has 2 amide bonds. The van der Waals surface area contributed by atoms with Crippen LogP contribution in [0.1, 0.15) is 20.8 Å². The number of benzene rings is 2. The first-order valence-corrected chi connectivity index (χ1v) is 8.64. The molecule has 0 bridgehead atoms. The van der Waals surface area contributed by atoms with Crippen molar-refractivity contribution in [1.29, 1.82) is 0 Å². The Morgan fingerprint density at radius 1 is 1.08 bits per heavy atom. The third-order valence-corrected chi connectivity index (χ3v) is 3.80. The number of amides is 2. The Bertz CT molecular complexity index is 778. The van der Waals surface area contributed by atoms with Crippen LogP contribution in [0, 0.1) is 0 Å². The first-order chi connectivity index (χ1) is 12.4. The van der Waals surface area contributed by atoms with Crippen LogP contribution in [-0.4, -0.2) is 24.5 Å². The Kier molecular flexibility index (Phi) is 6.86. The molecule has 6 nitrogen and oxygen atoms in total. The average Bonchev–Trinajstić information content (AvgIpc) is 2.59. The second-order valence-corrected chi connectivity index (χ2v) is 6.10. The van der Waals surface area contributed by atoms with Crippen LogP contribution in [-0.2, 0) is 9.59 Å². The number of carbonyl (C=O) groups excluding carboxylic acids is 2. The molecule has 0 aliphatic carbocycles. The van der Waals surface area contributed by atoms with Crippen LogP contribution in [0.4, 0.5) is 17.1 Å². The summed E-state index contributed by atoms with van der Waals surface area (Å²) in [4.78, 5) is 23.4. The smallest absolute Gasteiger partial charge is 0.246 e. The number of halogens is 1. The lowest BCUT2D eigenvalue weighted by Gasteiger charge is -2.16. The van der Waals surface area contributed by atoms with Gasteiger partial charge in [-0.3, -0.25) is 9.59 Å². The molecule has 0 aliphatic heterocycles. The zero-order chi connectivity index (χ0) is 19.1. The summed E-state index contributed by atoms with van der Waals surface area (Å²) in [5.41, 5.74) is 1.89. The van der Waals surface area contributed by atoms with Gasteiger partial charge in [-0.25, -0.2) is 0 Å².